The average molecular weight is 284 g/mol. The summed E-state index contributed by atoms with van der Waals surface area (Å²) in [5.74, 6) is 2.81. The molecule has 1 atom stereocenters. The van der Waals surface area contributed by atoms with E-state index in [1.54, 1.807) is 6.07 Å². The van der Waals surface area contributed by atoms with Crippen molar-refractivity contribution in [2.75, 3.05) is 29.7 Å². The highest BCUT2D eigenvalue weighted by atomic mass is 32.2. The maximum absolute atomic E-state index is 11.3. The molecule has 1 aromatic heterocycles. The molecule has 0 saturated heterocycles. The number of hydrogen-bond acceptors (Lipinski definition) is 6. The van der Waals surface area contributed by atoms with Crippen LogP contribution in [0.3, 0.4) is 0 Å². The van der Waals surface area contributed by atoms with Gasteiger partial charge in [-0.3, -0.25) is 0 Å². The van der Waals surface area contributed by atoms with Gasteiger partial charge in [0.1, 0.15) is 27.3 Å². The van der Waals surface area contributed by atoms with E-state index < -0.39 is 9.84 Å². The van der Waals surface area contributed by atoms with E-state index in [2.05, 4.69) is 20.6 Å². The molecular weight excluding hydrogens is 264 g/mol. The van der Waals surface area contributed by atoms with Crippen molar-refractivity contribution in [2.24, 2.45) is 0 Å². The topological polar surface area (TPSA) is 84.0 Å². The van der Waals surface area contributed by atoms with E-state index >= 15 is 0 Å². The molecule has 1 heterocycles. The number of rotatable bonds is 6. The molecule has 7 heteroatoms. The quantitative estimate of drug-likeness (QED) is 0.817. The van der Waals surface area contributed by atoms with Crippen molar-refractivity contribution >= 4 is 21.5 Å². The van der Waals surface area contributed by atoms with Gasteiger partial charge in [-0.1, -0.05) is 0 Å². The Kier molecular flexibility index (Phi) is 3.93. The molecule has 0 aromatic carbocycles. The molecule has 0 radical (unpaired) electrons. The van der Waals surface area contributed by atoms with Crippen molar-refractivity contribution in [3.05, 3.63) is 11.9 Å². The van der Waals surface area contributed by atoms with Gasteiger partial charge in [0, 0.05) is 31.3 Å². The first-order valence-corrected chi connectivity index (χ1v) is 8.44. The van der Waals surface area contributed by atoms with E-state index in [0.717, 1.165) is 24.5 Å². The Bertz CT molecular complexity index is 555. The third-order valence-electron chi connectivity index (χ3n) is 2.89. The maximum atomic E-state index is 11.3. The molecule has 6 nitrogen and oxygen atoms in total. The second-order valence-corrected chi connectivity index (χ2v) is 7.34. The summed E-state index contributed by atoms with van der Waals surface area (Å²) >= 11 is 0. The van der Waals surface area contributed by atoms with Crippen LogP contribution in [0.25, 0.3) is 0 Å². The lowest BCUT2D eigenvalue weighted by molar-refractivity contribution is 0.598. The lowest BCUT2D eigenvalue weighted by Crippen LogP contribution is -2.25. The van der Waals surface area contributed by atoms with Crippen LogP contribution in [0.5, 0.6) is 0 Å². The van der Waals surface area contributed by atoms with Gasteiger partial charge in [-0.25, -0.2) is 18.4 Å². The van der Waals surface area contributed by atoms with Gasteiger partial charge in [0.25, 0.3) is 0 Å². The fraction of sp³-hybridized carbons (Fsp3) is 0.667. The lowest BCUT2D eigenvalue weighted by Gasteiger charge is -2.15. The first kappa shape index (κ1) is 14.0. The molecular formula is C12H20N4O2S. The minimum atomic E-state index is -2.99. The summed E-state index contributed by atoms with van der Waals surface area (Å²) in [7, 11) is -1.19. The Balaban J connectivity index is 2.12. The van der Waals surface area contributed by atoms with Crippen LogP contribution in [0.15, 0.2) is 6.07 Å². The Morgan fingerprint density at radius 1 is 1.37 bits per heavy atom. The van der Waals surface area contributed by atoms with Crippen LogP contribution >= 0.6 is 0 Å². The minimum absolute atomic E-state index is 0.0879. The normalized spacial score (nSPS) is 17.0. The summed E-state index contributed by atoms with van der Waals surface area (Å²) in [5, 5.41) is 6.13. The van der Waals surface area contributed by atoms with Crippen LogP contribution in [0, 0.1) is 0 Å². The molecule has 1 saturated carbocycles. The van der Waals surface area contributed by atoms with Crippen molar-refractivity contribution in [1.82, 2.24) is 9.97 Å². The number of hydrogen-bond donors (Lipinski definition) is 2. The second kappa shape index (κ2) is 5.32. The van der Waals surface area contributed by atoms with Crippen LogP contribution in [0.1, 0.15) is 31.5 Å². The summed E-state index contributed by atoms with van der Waals surface area (Å²) in [6, 6.07) is 1.62. The predicted octanol–water partition coefficient (Wildman–Crippen LogP) is 1.24. The van der Waals surface area contributed by atoms with Gasteiger partial charge in [0.15, 0.2) is 0 Å². The second-order valence-electron chi connectivity index (χ2n) is 5.16. The highest BCUT2D eigenvalue weighted by Crippen LogP contribution is 2.38. The summed E-state index contributed by atoms with van der Waals surface area (Å²) in [4.78, 5) is 8.87. The third-order valence-corrected chi connectivity index (χ3v) is 3.99. The zero-order valence-electron chi connectivity index (χ0n) is 11.5. The van der Waals surface area contributed by atoms with Gasteiger partial charge in [-0.2, -0.15) is 0 Å². The van der Waals surface area contributed by atoms with Crippen molar-refractivity contribution < 1.29 is 8.42 Å². The van der Waals surface area contributed by atoms with Crippen molar-refractivity contribution in [1.29, 1.82) is 0 Å². The molecule has 1 aromatic rings. The first-order chi connectivity index (χ1) is 8.87. The van der Waals surface area contributed by atoms with Gasteiger partial charge in [-0.15, -0.1) is 0 Å². The average Bonchev–Trinajstić information content (AvgIpc) is 3.09. The molecule has 1 aliphatic carbocycles. The molecule has 2 N–H and O–H groups in total. The summed E-state index contributed by atoms with van der Waals surface area (Å²) in [6.45, 7) is 1.83. The molecule has 1 unspecified atom stereocenters. The van der Waals surface area contributed by atoms with Gasteiger partial charge in [-0.05, 0) is 19.8 Å². The number of nitrogens with one attached hydrogen (secondary N) is 2. The SMILES string of the molecule is CNc1cc(NC(C)CS(C)(=O)=O)nc(C2CC2)n1. The monoisotopic (exact) mass is 284 g/mol. The van der Waals surface area contributed by atoms with Crippen LogP contribution < -0.4 is 10.6 Å². The Labute approximate surface area is 114 Å². The van der Waals surface area contributed by atoms with Gasteiger partial charge >= 0.3 is 0 Å². The molecule has 0 spiro atoms. The summed E-state index contributed by atoms with van der Waals surface area (Å²) < 4.78 is 22.5. The molecule has 1 fully saturated rings. The fourth-order valence-electron chi connectivity index (χ4n) is 1.94. The van der Waals surface area contributed by atoms with E-state index in [4.69, 9.17) is 0 Å². The van der Waals surface area contributed by atoms with Crippen molar-refractivity contribution in [3.8, 4) is 0 Å². The zero-order valence-corrected chi connectivity index (χ0v) is 12.3. The number of sulfone groups is 1. The maximum Gasteiger partial charge on any atom is 0.149 e. The third kappa shape index (κ3) is 4.34. The Hall–Kier alpha value is -1.37. The smallest absolute Gasteiger partial charge is 0.149 e. The van der Waals surface area contributed by atoms with E-state index in [-0.39, 0.29) is 11.8 Å². The van der Waals surface area contributed by atoms with Crippen molar-refractivity contribution in [2.45, 2.75) is 31.7 Å². The highest BCUT2D eigenvalue weighted by Gasteiger charge is 2.27. The molecule has 2 rings (SSSR count). The van der Waals surface area contributed by atoms with Gasteiger partial charge in [0.2, 0.25) is 0 Å². The molecule has 106 valence electrons. The fourth-order valence-corrected chi connectivity index (χ4v) is 2.93. The predicted molar refractivity (Wildman–Crippen MR) is 76.3 cm³/mol. The molecule has 19 heavy (non-hydrogen) atoms. The minimum Gasteiger partial charge on any atom is -0.373 e. The molecule has 0 aliphatic heterocycles. The summed E-state index contributed by atoms with van der Waals surface area (Å²) in [6.07, 6.45) is 3.50. The van der Waals surface area contributed by atoms with Crippen LogP contribution in [0.4, 0.5) is 11.6 Å². The van der Waals surface area contributed by atoms with Crippen LogP contribution in [-0.4, -0.2) is 43.5 Å². The molecule has 0 amide bonds. The number of aromatic nitrogens is 2. The largest absolute Gasteiger partial charge is 0.373 e. The van der Waals surface area contributed by atoms with E-state index in [1.807, 2.05) is 14.0 Å². The van der Waals surface area contributed by atoms with Crippen LogP contribution in [-0.2, 0) is 9.84 Å². The lowest BCUT2D eigenvalue weighted by atomic mass is 10.3. The number of anilines is 2. The first-order valence-electron chi connectivity index (χ1n) is 6.38. The molecule has 1 aliphatic rings. The standard InChI is InChI=1S/C12H20N4O2S/c1-8(7-19(3,17)18)14-11-6-10(13-2)15-12(16-11)9-4-5-9/h6,8-9H,4-5,7H2,1-3H3,(H2,13,14,15,16). The number of nitrogens with zero attached hydrogens (tertiary/aromatic N) is 2. The van der Waals surface area contributed by atoms with E-state index in [0.29, 0.717) is 11.7 Å². The van der Waals surface area contributed by atoms with E-state index in [1.165, 1.54) is 6.26 Å². The summed E-state index contributed by atoms with van der Waals surface area (Å²) in [5.41, 5.74) is 0. The van der Waals surface area contributed by atoms with Gasteiger partial charge < -0.3 is 10.6 Å². The Morgan fingerprint density at radius 2 is 2.00 bits per heavy atom. The Morgan fingerprint density at radius 3 is 2.53 bits per heavy atom. The van der Waals surface area contributed by atoms with Gasteiger partial charge in [0.05, 0.1) is 5.75 Å². The van der Waals surface area contributed by atoms with E-state index in [9.17, 15) is 8.42 Å². The molecule has 0 bridgehead atoms. The van der Waals surface area contributed by atoms with Crippen molar-refractivity contribution in [3.63, 3.8) is 0 Å². The zero-order chi connectivity index (χ0) is 14.0. The highest BCUT2D eigenvalue weighted by molar-refractivity contribution is 7.90. The van der Waals surface area contributed by atoms with Crippen LogP contribution in [0.2, 0.25) is 0 Å².